The third kappa shape index (κ3) is 3.52. The summed E-state index contributed by atoms with van der Waals surface area (Å²) < 4.78 is 12.0. The first-order valence-corrected chi connectivity index (χ1v) is 8.44. The van der Waals surface area contributed by atoms with Gasteiger partial charge in [-0.3, -0.25) is 9.78 Å². The van der Waals surface area contributed by atoms with Crippen molar-refractivity contribution in [1.29, 1.82) is 0 Å². The molecule has 7 nitrogen and oxygen atoms in total. The second kappa shape index (κ2) is 6.85. The van der Waals surface area contributed by atoms with Crippen molar-refractivity contribution >= 4 is 5.91 Å². The number of hydrogen-bond donors (Lipinski definition) is 0. The smallest absolute Gasteiger partial charge is 0.272 e. The van der Waals surface area contributed by atoms with Crippen LogP contribution in [0.4, 0.5) is 0 Å². The Kier molecular flexibility index (Phi) is 4.42. The summed E-state index contributed by atoms with van der Waals surface area (Å²) in [6.07, 6.45) is 8.22. The van der Waals surface area contributed by atoms with Gasteiger partial charge < -0.3 is 14.4 Å². The molecular weight excluding hydrogens is 320 g/mol. The van der Waals surface area contributed by atoms with E-state index >= 15 is 0 Å². The molecule has 0 radical (unpaired) electrons. The second-order valence-electron chi connectivity index (χ2n) is 6.56. The predicted molar refractivity (Wildman–Crippen MR) is 88.7 cm³/mol. The van der Waals surface area contributed by atoms with Gasteiger partial charge in [0.25, 0.3) is 5.91 Å². The number of amides is 1. The van der Waals surface area contributed by atoms with Crippen LogP contribution in [0.15, 0.2) is 43.1 Å². The minimum absolute atomic E-state index is 0.0503. The molecule has 2 fully saturated rings. The van der Waals surface area contributed by atoms with Crippen LogP contribution in [0.25, 0.3) is 0 Å². The highest BCUT2D eigenvalue weighted by atomic mass is 16.6. The minimum atomic E-state index is -0.289. The fourth-order valence-corrected chi connectivity index (χ4v) is 3.49. The number of carbonyl (C=O) groups excluding carboxylic acids is 1. The van der Waals surface area contributed by atoms with Crippen molar-refractivity contribution in [2.24, 2.45) is 0 Å². The Morgan fingerprint density at radius 3 is 3.12 bits per heavy atom. The lowest BCUT2D eigenvalue weighted by Crippen LogP contribution is -2.36. The third-order valence-corrected chi connectivity index (χ3v) is 4.79. The van der Waals surface area contributed by atoms with Gasteiger partial charge in [-0.15, -0.1) is 0 Å². The fraction of sp³-hybridized carbons (Fsp3) is 0.444. The zero-order valence-corrected chi connectivity index (χ0v) is 13.9. The fourth-order valence-electron chi connectivity index (χ4n) is 3.49. The van der Waals surface area contributed by atoms with Crippen molar-refractivity contribution in [3.8, 4) is 0 Å². The van der Waals surface area contributed by atoms with Crippen LogP contribution < -0.4 is 0 Å². The standard InChI is InChI=1S/C18H20N4O3/c23-17(16-3-6-20-13-21-16)22-7-4-18(12-22)8-15(11-25-18)24-10-14-2-1-5-19-9-14/h1-3,5-6,9,13,15H,4,7-8,10-12H2/t15-,18-/m0/s1. The van der Waals surface area contributed by atoms with Crippen molar-refractivity contribution in [3.05, 3.63) is 54.4 Å². The number of aromatic nitrogens is 3. The molecule has 2 atom stereocenters. The molecule has 0 N–H and O–H groups in total. The minimum Gasteiger partial charge on any atom is -0.371 e. The molecule has 1 amide bonds. The summed E-state index contributed by atoms with van der Waals surface area (Å²) in [5, 5.41) is 0. The van der Waals surface area contributed by atoms with Crippen molar-refractivity contribution in [1.82, 2.24) is 19.9 Å². The van der Waals surface area contributed by atoms with E-state index in [1.165, 1.54) is 6.33 Å². The third-order valence-electron chi connectivity index (χ3n) is 4.79. The molecule has 130 valence electrons. The monoisotopic (exact) mass is 340 g/mol. The molecule has 0 unspecified atom stereocenters. The van der Waals surface area contributed by atoms with Crippen LogP contribution in [-0.2, 0) is 16.1 Å². The Morgan fingerprint density at radius 2 is 2.32 bits per heavy atom. The molecular formula is C18H20N4O3. The molecule has 7 heteroatoms. The van der Waals surface area contributed by atoms with Crippen LogP contribution in [0.1, 0.15) is 28.9 Å². The number of ether oxygens (including phenoxy) is 2. The maximum absolute atomic E-state index is 12.5. The topological polar surface area (TPSA) is 77.4 Å². The summed E-state index contributed by atoms with van der Waals surface area (Å²) in [4.78, 5) is 26.3. The van der Waals surface area contributed by atoms with Gasteiger partial charge in [-0.1, -0.05) is 6.07 Å². The van der Waals surface area contributed by atoms with Crippen molar-refractivity contribution in [3.63, 3.8) is 0 Å². The average molecular weight is 340 g/mol. The van der Waals surface area contributed by atoms with Gasteiger partial charge in [0.1, 0.15) is 12.0 Å². The van der Waals surface area contributed by atoms with E-state index in [9.17, 15) is 4.79 Å². The zero-order valence-electron chi connectivity index (χ0n) is 13.9. The van der Waals surface area contributed by atoms with Gasteiger partial charge in [-0.2, -0.15) is 0 Å². The van der Waals surface area contributed by atoms with E-state index in [0.29, 0.717) is 32.0 Å². The summed E-state index contributed by atoms with van der Waals surface area (Å²) in [7, 11) is 0. The Labute approximate surface area is 146 Å². The molecule has 4 rings (SSSR count). The van der Waals surface area contributed by atoms with Crippen molar-refractivity contribution in [2.75, 3.05) is 19.7 Å². The highest BCUT2D eigenvalue weighted by Gasteiger charge is 2.47. The van der Waals surface area contributed by atoms with E-state index in [1.54, 1.807) is 18.5 Å². The Balaban J connectivity index is 1.33. The van der Waals surface area contributed by atoms with Crippen LogP contribution in [0.3, 0.4) is 0 Å². The highest BCUT2D eigenvalue weighted by molar-refractivity contribution is 5.92. The predicted octanol–water partition coefficient (Wildman–Crippen LogP) is 1.46. The Morgan fingerprint density at radius 1 is 1.36 bits per heavy atom. The molecule has 2 aliphatic rings. The molecule has 1 spiro atoms. The summed E-state index contributed by atoms with van der Waals surface area (Å²) in [6.45, 7) is 2.36. The summed E-state index contributed by atoms with van der Waals surface area (Å²) in [5.74, 6) is -0.0670. The molecule has 2 aromatic rings. The summed E-state index contributed by atoms with van der Waals surface area (Å²) in [5.41, 5.74) is 1.19. The lowest BCUT2D eigenvalue weighted by molar-refractivity contribution is 0.000216. The van der Waals surface area contributed by atoms with E-state index in [1.807, 2.05) is 23.2 Å². The maximum atomic E-state index is 12.5. The van der Waals surface area contributed by atoms with Gasteiger partial charge in [-0.25, -0.2) is 9.97 Å². The van der Waals surface area contributed by atoms with E-state index < -0.39 is 0 Å². The zero-order chi connectivity index (χ0) is 17.1. The second-order valence-corrected chi connectivity index (χ2v) is 6.56. The Bertz CT molecular complexity index is 728. The lowest BCUT2D eigenvalue weighted by atomic mass is 9.98. The maximum Gasteiger partial charge on any atom is 0.272 e. The van der Waals surface area contributed by atoms with Gasteiger partial charge in [0.15, 0.2) is 0 Å². The molecule has 0 aromatic carbocycles. The van der Waals surface area contributed by atoms with Crippen LogP contribution >= 0.6 is 0 Å². The first-order valence-electron chi connectivity index (χ1n) is 8.44. The number of nitrogens with zero attached hydrogens (tertiary/aromatic N) is 4. The summed E-state index contributed by atoms with van der Waals surface area (Å²) in [6, 6.07) is 5.54. The average Bonchev–Trinajstić information content (AvgIpc) is 3.28. The van der Waals surface area contributed by atoms with Gasteiger partial charge in [0.05, 0.1) is 31.5 Å². The first-order chi connectivity index (χ1) is 12.2. The van der Waals surface area contributed by atoms with Crippen molar-refractivity contribution < 1.29 is 14.3 Å². The van der Waals surface area contributed by atoms with Crippen molar-refractivity contribution in [2.45, 2.75) is 31.2 Å². The Hall–Kier alpha value is -2.38. The van der Waals surface area contributed by atoms with E-state index in [-0.39, 0.29) is 17.6 Å². The normalized spacial score (nSPS) is 25.6. The van der Waals surface area contributed by atoms with Gasteiger partial charge in [0, 0.05) is 31.6 Å². The van der Waals surface area contributed by atoms with Crippen LogP contribution in [-0.4, -0.2) is 57.2 Å². The molecule has 0 bridgehead atoms. The number of hydrogen-bond acceptors (Lipinski definition) is 6. The van der Waals surface area contributed by atoms with Crippen LogP contribution in [0, 0.1) is 0 Å². The van der Waals surface area contributed by atoms with Crippen LogP contribution in [0.5, 0.6) is 0 Å². The quantitative estimate of drug-likeness (QED) is 0.839. The highest BCUT2D eigenvalue weighted by Crippen LogP contribution is 2.36. The number of pyridine rings is 1. The van der Waals surface area contributed by atoms with E-state index in [0.717, 1.165) is 18.4 Å². The first kappa shape index (κ1) is 16.1. The van der Waals surface area contributed by atoms with Gasteiger partial charge in [-0.05, 0) is 24.1 Å². The molecule has 2 aromatic heterocycles. The lowest BCUT2D eigenvalue weighted by Gasteiger charge is -2.23. The molecule has 0 saturated carbocycles. The number of likely N-dealkylation sites (tertiary alicyclic amines) is 1. The molecule has 2 saturated heterocycles. The van der Waals surface area contributed by atoms with Gasteiger partial charge >= 0.3 is 0 Å². The van der Waals surface area contributed by atoms with E-state index in [2.05, 4.69) is 15.0 Å². The largest absolute Gasteiger partial charge is 0.371 e. The molecule has 2 aliphatic heterocycles. The number of carbonyl (C=O) groups is 1. The molecule has 4 heterocycles. The molecule has 25 heavy (non-hydrogen) atoms. The van der Waals surface area contributed by atoms with E-state index in [4.69, 9.17) is 9.47 Å². The molecule has 0 aliphatic carbocycles. The summed E-state index contributed by atoms with van der Waals surface area (Å²) >= 11 is 0. The number of rotatable bonds is 4. The SMILES string of the molecule is O=C(c1ccncn1)N1CC[C@]2(C[C@H](OCc3cccnc3)CO2)C1. The van der Waals surface area contributed by atoms with Gasteiger partial charge in [0.2, 0.25) is 0 Å². The van der Waals surface area contributed by atoms with Crippen LogP contribution in [0.2, 0.25) is 0 Å².